The summed E-state index contributed by atoms with van der Waals surface area (Å²) in [5, 5.41) is 12.9. The highest BCUT2D eigenvalue weighted by atomic mass is 19.1. The van der Waals surface area contributed by atoms with Gasteiger partial charge < -0.3 is 10.1 Å². The number of anilines is 1. The van der Waals surface area contributed by atoms with Gasteiger partial charge in [-0.15, -0.1) is 0 Å². The van der Waals surface area contributed by atoms with Crippen LogP contribution in [0.5, 0.6) is 5.75 Å². The van der Waals surface area contributed by atoms with E-state index >= 15 is 0 Å². The van der Waals surface area contributed by atoms with Gasteiger partial charge in [0, 0.05) is 18.2 Å². The SMILES string of the molecule is C[C@H](Oc1ccc([N+](=O)[O-])cc1C=O)C(=O)Nc1ccc(F)cc1F. The topological polar surface area (TPSA) is 98.5 Å². The van der Waals surface area contributed by atoms with Gasteiger partial charge in [0.1, 0.15) is 17.4 Å². The van der Waals surface area contributed by atoms with Gasteiger partial charge in [0.15, 0.2) is 12.4 Å². The van der Waals surface area contributed by atoms with Crippen LogP contribution in [0.3, 0.4) is 0 Å². The van der Waals surface area contributed by atoms with Crippen LogP contribution in [0.1, 0.15) is 17.3 Å². The fourth-order valence-electron chi connectivity index (χ4n) is 1.92. The maximum Gasteiger partial charge on any atom is 0.270 e. The van der Waals surface area contributed by atoms with Gasteiger partial charge in [-0.05, 0) is 25.1 Å². The number of nitrogens with zero attached hydrogens (tertiary/aromatic N) is 1. The van der Waals surface area contributed by atoms with E-state index in [1.54, 1.807) is 0 Å². The number of amides is 1. The van der Waals surface area contributed by atoms with Crippen LogP contribution in [-0.4, -0.2) is 23.2 Å². The number of nitro benzene ring substituents is 1. The second-order valence-corrected chi connectivity index (χ2v) is 4.97. The first kappa shape index (κ1) is 18.0. The van der Waals surface area contributed by atoms with Gasteiger partial charge >= 0.3 is 0 Å². The zero-order valence-corrected chi connectivity index (χ0v) is 12.9. The van der Waals surface area contributed by atoms with E-state index < -0.39 is 28.6 Å². The van der Waals surface area contributed by atoms with Crippen molar-refractivity contribution in [2.45, 2.75) is 13.0 Å². The van der Waals surface area contributed by atoms with Crippen LogP contribution in [-0.2, 0) is 4.79 Å². The molecule has 0 heterocycles. The van der Waals surface area contributed by atoms with Crippen molar-refractivity contribution in [3.63, 3.8) is 0 Å². The number of hydrogen-bond acceptors (Lipinski definition) is 5. The lowest BCUT2D eigenvalue weighted by Crippen LogP contribution is -2.30. The first-order valence-electron chi connectivity index (χ1n) is 6.98. The second kappa shape index (κ2) is 7.47. The van der Waals surface area contributed by atoms with E-state index in [4.69, 9.17) is 4.74 Å². The van der Waals surface area contributed by atoms with Crippen molar-refractivity contribution in [2.75, 3.05) is 5.32 Å². The molecule has 7 nitrogen and oxygen atoms in total. The van der Waals surface area contributed by atoms with Crippen molar-refractivity contribution in [3.05, 3.63) is 63.7 Å². The first-order chi connectivity index (χ1) is 11.8. The molecule has 0 saturated carbocycles. The van der Waals surface area contributed by atoms with Gasteiger partial charge in [-0.2, -0.15) is 0 Å². The molecule has 0 unspecified atom stereocenters. The predicted octanol–water partition coefficient (Wildman–Crippen LogP) is 3.09. The van der Waals surface area contributed by atoms with Crippen LogP contribution >= 0.6 is 0 Å². The van der Waals surface area contributed by atoms with Gasteiger partial charge in [0.2, 0.25) is 0 Å². The van der Waals surface area contributed by atoms with E-state index in [9.17, 15) is 28.5 Å². The van der Waals surface area contributed by atoms with E-state index in [1.165, 1.54) is 13.0 Å². The summed E-state index contributed by atoms with van der Waals surface area (Å²) in [5.41, 5.74) is -0.650. The number of nitro groups is 1. The fraction of sp³-hybridized carbons (Fsp3) is 0.125. The van der Waals surface area contributed by atoms with Crippen molar-refractivity contribution >= 4 is 23.6 Å². The molecule has 0 aliphatic heterocycles. The Morgan fingerprint density at radius 2 is 2.00 bits per heavy atom. The third-order valence-corrected chi connectivity index (χ3v) is 3.19. The van der Waals surface area contributed by atoms with E-state index in [0.29, 0.717) is 12.4 Å². The largest absolute Gasteiger partial charge is 0.480 e. The highest BCUT2D eigenvalue weighted by Gasteiger charge is 2.19. The smallest absolute Gasteiger partial charge is 0.270 e. The highest BCUT2D eigenvalue weighted by molar-refractivity contribution is 5.94. The van der Waals surface area contributed by atoms with Crippen LogP contribution in [0.4, 0.5) is 20.2 Å². The summed E-state index contributed by atoms with van der Waals surface area (Å²) < 4.78 is 31.7. The van der Waals surface area contributed by atoms with Crippen LogP contribution in [0, 0.1) is 21.7 Å². The summed E-state index contributed by atoms with van der Waals surface area (Å²) in [6, 6.07) is 5.95. The van der Waals surface area contributed by atoms with Crippen LogP contribution in [0.15, 0.2) is 36.4 Å². The first-order valence-corrected chi connectivity index (χ1v) is 6.98. The molecule has 2 rings (SSSR count). The standard InChI is InChI=1S/C16H12F2N2O5/c1-9(16(22)19-14-4-2-11(17)7-13(14)18)25-15-5-3-12(20(23)24)6-10(15)8-21/h2-9H,1H3,(H,19,22)/t9-/m0/s1. The predicted molar refractivity (Wildman–Crippen MR) is 83.6 cm³/mol. The molecule has 0 aliphatic rings. The molecule has 2 aromatic rings. The average molecular weight is 350 g/mol. The van der Waals surface area contributed by atoms with Crippen molar-refractivity contribution < 1.29 is 28.0 Å². The fourth-order valence-corrected chi connectivity index (χ4v) is 1.92. The van der Waals surface area contributed by atoms with Crippen LogP contribution in [0.2, 0.25) is 0 Å². The molecule has 0 aliphatic carbocycles. The molecule has 0 saturated heterocycles. The number of carbonyl (C=O) groups excluding carboxylic acids is 2. The Morgan fingerprint density at radius 1 is 1.28 bits per heavy atom. The van der Waals surface area contributed by atoms with Crippen LogP contribution < -0.4 is 10.1 Å². The summed E-state index contributed by atoms with van der Waals surface area (Å²) in [6.07, 6.45) is -0.795. The molecule has 9 heteroatoms. The minimum atomic E-state index is -1.15. The molecule has 0 bridgehead atoms. The Bertz CT molecular complexity index is 841. The van der Waals surface area contributed by atoms with E-state index in [-0.39, 0.29) is 22.7 Å². The lowest BCUT2D eigenvalue weighted by atomic mass is 10.2. The summed E-state index contributed by atoms with van der Waals surface area (Å²) in [4.78, 5) is 33.1. The maximum atomic E-state index is 13.5. The average Bonchev–Trinajstić information content (AvgIpc) is 2.57. The second-order valence-electron chi connectivity index (χ2n) is 4.97. The Kier molecular flexibility index (Phi) is 5.38. The Morgan fingerprint density at radius 3 is 2.60 bits per heavy atom. The van der Waals surface area contributed by atoms with Gasteiger partial charge in [0.25, 0.3) is 11.6 Å². The number of aldehydes is 1. The number of halogens is 2. The summed E-state index contributed by atoms with van der Waals surface area (Å²) in [6.45, 7) is 1.34. The number of ether oxygens (including phenoxy) is 1. The molecular weight excluding hydrogens is 338 g/mol. The normalized spacial score (nSPS) is 11.5. The minimum Gasteiger partial charge on any atom is -0.480 e. The number of non-ortho nitro benzene ring substituents is 1. The molecule has 0 aromatic heterocycles. The van der Waals surface area contributed by atoms with E-state index in [0.717, 1.165) is 24.3 Å². The number of benzene rings is 2. The van der Waals surface area contributed by atoms with Crippen molar-refractivity contribution in [2.24, 2.45) is 0 Å². The molecule has 1 amide bonds. The van der Waals surface area contributed by atoms with Gasteiger partial charge in [0.05, 0.1) is 16.2 Å². The van der Waals surface area contributed by atoms with Crippen molar-refractivity contribution in [1.82, 2.24) is 0 Å². The summed E-state index contributed by atoms with van der Waals surface area (Å²) >= 11 is 0. The third-order valence-electron chi connectivity index (χ3n) is 3.19. The molecular formula is C16H12F2N2O5. The Labute approximate surface area is 140 Å². The summed E-state index contributed by atoms with van der Waals surface area (Å²) in [7, 11) is 0. The van der Waals surface area contributed by atoms with Gasteiger partial charge in [-0.25, -0.2) is 8.78 Å². The van der Waals surface area contributed by atoms with E-state index in [2.05, 4.69) is 5.32 Å². The molecule has 0 fully saturated rings. The number of carbonyl (C=O) groups is 2. The quantitative estimate of drug-likeness (QED) is 0.490. The monoisotopic (exact) mass is 350 g/mol. The maximum absolute atomic E-state index is 13.5. The molecule has 1 atom stereocenters. The molecule has 1 N–H and O–H groups in total. The minimum absolute atomic E-state index is 0.0390. The molecule has 130 valence electrons. The van der Waals surface area contributed by atoms with Crippen molar-refractivity contribution in [3.8, 4) is 5.75 Å². The summed E-state index contributed by atoms with van der Waals surface area (Å²) in [5.74, 6) is -2.53. The molecule has 0 spiro atoms. The highest BCUT2D eigenvalue weighted by Crippen LogP contribution is 2.24. The zero-order chi connectivity index (χ0) is 18.6. The van der Waals surface area contributed by atoms with Gasteiger partial charge in [-0.1, -0.05) is 0 Å². The zero-order valence-electron chi connectivity index (χ0n) is 12.9. The molecule has 2 aromatic carbocycles. The van der Waals surface area contributed by atoms with Crippen LogP contribution in [0.25, 0.3) is 0 Å². The number of nitrogens with one attached hydrogen (secondary N) is 1. The van der Waals surface area contributed by atoms with Gasteiger partial charge in [-0.3, -0.25) is 19.7 Å². The Hall–Kier alpha value is -3.36. The number of hydrogen-bond donors (Lipinski definition) is 1. The molecule has 0 radical (unpaired) electrons. The van der Waals surface area contributed by atoms with Crippen molar-refractivity contribution in [1.29, 1.82) is 0 Å². The molecule has 25 heavy (non-hydrogen) atoms. The lowest BCUT2D eigenvalue weighted by molar-refractivity contribution is -0.384. The lowest BCUT2D eigenvalue weighted by Gasteiger charge is -2.16. The Balaban J connectivity index is 2.13. The van der Waals surface area contributed by atoms with E-state index in [1.807, 2.05) is 0 Å². The third kappa shape index (κ3) is 4.34. The number of rotatable bonds is 6.